The third-order valence-corrected chi connectivity index (χ3v) is 2.78. The molecule has 0 aliphatic rings. The second-order valence-electron chi connectivity index (χ2n) is 4.53. The van der Waals surface area contributed by atoms with Gasteiger partial charge in [-0.05, 0) is 26.0 Å². The Morgan fingerprint density at radius 1 is 1.29 bits per heavy atom. The second-order valence-corrected chi connectivity index (χ2v) is 4.53. The molecule has 1 aromatic rings. The Bertz CT molecular complexity index is 531. The molecule has 0 saturated carbocycles. The van der Waals surface area contributed by atoms with Gasteiger partial charge >= 0.3 is 12.0 Å². The van der Waals surface area contributed by atoms with E-state index in [1.807, 2.05) is 19.1 Å². The van der Waals surface area contributed by atoms with E-state index in [9.17, 15) is 14.4 Å². The average molecular weight is 293 g/mol. The van der Waals surface area contributed by atoms with Crippen molar-refractivity contribution in [3.8, 4) is 0 Å². The van der Waals surface area contributed by atoms with Gasteiger partial charge in [-0.2, -0.15) is 0 Å². The van der Waals surface area contributed by atoms with Gasteiger partial charge in [0, 0.05) is 18.7 Å². The number of rotatable bonds is 6. The van der Waals surface area contributed by atoms with E-state index >= 15 is 0 Å². The molecule has 0 atom stereocenters. The molecule has 0 unspecified atom stereocenters. The van der Waals surface area contributed by atoms with Crippen molar-refractivity contribution in [2.24, 2.45) is 0 Å². The van der Waals surface area contributed by atoms with E-state index in [0.29, 0.717) is 6.54 Å². The molecule has 0 radical (unpaired) electrons. The number of carbonyl (C=O) groups is 3. The van der Waals surface area contributed by atoms with Gasteiger partial charge in [0.2, 0.25) is 5.91 Å². The van der Waals surface area contributed by atoms with Crippen molar-refractivity contribution in [3.05, 3.63) is 29.6 Å². The maximum absolute atomic E-state index is 11.9. The number of urea groups is 1. The summed E-state index contributed by atoms with van der Waals surface area (Å²) in [5.41, 5.74) is 1.58. The summed E-state index contributed by atoms with van der Waals surface area (Å²) in [6.45, 7) is 4.34. The first-order valence-corrected chi connectivity index (χ1v) is 6.65. The van der Waals surface area contributed by atoms with Crippen LogP contribution in [0.25, 0.3) is 0 Å². The normalized spacial score (nSPS) is 10.0. The van der Waals surface area contributed by atoms with Gasteiger partial charge in [-0.15, -0.1) is 0 Å². The topological polar surface area (TPSA) is 99.6 Å². The highest BCUT2D eigenvalue weighted by molar-refractivity contribution is 5.95. The van der Waals surface area contributed by atoms with Crippen molar-refractivity contribution in [3.63, 3.8) is 0 Å². The van der Waals surface area contributed by atoms with E-state index in [2.05, 4.69) is 10.3 Å². The number of imide groups is 1. The first kappa shape index (κ1) is 16.6. The predicted octanol–water partition coefficient (Wildman–Crippen LogP) is 1.31. The lowest BCUT2D eigenvalue weighted by Gasteiger charge is -2.20. The monoisotopic (exact) mass is 293 g/mol. The molecular formula is C14H19N3O4. The molecule has 0 saturated heterocycles. The van der Waals surface area contributed by atoms with Crippen LogP contribution in [-0.2, 0) is 16.1 Å². The maximum atomic E-state index is 11.9. The van der Waals surface area contributed by atoms with Crippen LogP contribution in [0.4, 0.5) is 4.79 Å². The van der Waals surface area contributed by atoms with E-state index in [-0.39, 0.29) is 19.4 Å². The van der Waals surface area contributed by atoms with Crippen molar-refractivity contribution in [2.75, 3.05) is 6.54 Å². The number of hydrogen-bond acceptors (Lipinski definition) is 4. The first-order valence-electron chi connectivity index (χ1n) is 6.65. The van der Waals surface area contributed by atoms with Crippen LogP contribution < -0.4 is 5.32 Å². The lowest BCUT2D eigenvalue weighted by molar-refractivity contribution is -0.138. The molecule has 0 aromatic carbocycles. The summed E-state index contributed by atoms with van der Waals surface area (Å²) in [5, 5.41) is 10.7. The minimum atomic E-state index is -1.08. The molecule has 1 aromatic heterocycles. The molecular weight excluding hydrogens is 274 g/mol. The van der Waals surface area contributed by atoms with E-state index in [1.54, 1.807) is 13.0 Å². The molecule has 0 aliphatic heterocycles. The Hall–Kier alpha value is -2.44. The molecule has 0 bridgehead atoms. The largest absolute Gasteiger partial charge is 0.481 e. The average Bonchev–Trinajstić information content (AvgIpc) is 2.42. The SMILES string of the molecule is CCN(Cc1cccc(C)n1)C(=O)NC(=O)CCC(=O)O. The van der Waals surface area contributed by atoms with Crippen molar-refractivity contribution < 1.29 is 19.5 Å². The summed E-state index contributed by atoms with van der Waals surface area (Å²) >= 11 is 0. The number of aliphatic carboxylic acids is 1. The van der Waals surface area contributed by atoms with Crippen LogP contribution >= 0.6 is 0 Å². The van der Waals surface area contributed by atoms with Crippen LogP contribution in [0.3, 0.4) is 0 Å². The molecule has 2 N–H and O–H groups in total. The van der Waals surface area contributed by atoms with Crippen LogP contribution in [-0.4, -0.2) is 39.4 Å². The molecule has 1 heterocycles. The minimum Gasteiger partial charge on any atom is -0.481 e. The number of carboxylic acids is 1. The fraction of sp³-hybridized carbons (Fsp3) is 0.429. The Labute approximate surface area is 123 Å². The van der Waals surface area contributed by atoms with Gasteiger partial charge in [-0.1, -0.05) is 6.07 Å². The van der Waals surface area contributed by atoms with E-state index in [4.69, 9.17) is 5.11 Å². The number of hydrogen-bond donors (Lipinski definition) is 2. The summed E-state index contributed by atoms with van der Waals surface area (Å²) in [7, 11) is 0. The Kier molecular flexibility index (Phi) is 6.32. The standard InChI is InChI=1S/C14H19N3O4/c1-3-17(9-11-6-4-5-10(2)15-11)14(21)16-12(18)7-8-13(19)20/h4-6H,3,7-9H2,1-2H3,(H,19,20)(H,16,18,21). The van der Waals surface area contributed by atoms with Crippen LogP contribution in [0.2, 0.25) is 0 Å². The van der Waals surface area contributed by atoms with Crippen molar-refractivity contribution in [1.29, 1.82) is 0 Å². The van der Waals surface area contributed by atoms with Crippen molar-refractivity contribution in [2.45, 2.75) is 33.2 Å². The van der Waals surface area contributed by atoms with Gasteiger partial charge in [0.05, 0.1) is 18.7 Å². The predicted molar refractivity (Wildman–Crippen MR) is 75.5 cm³/mol. The Morgan fingerprint density at radius 2 is 2.00 bits per heavy atom. The molecule has 7 nitrogen and oxygen atoms in total. The van der Waals surface area contributed by atoms with Crippen LogP contribution in [0.5, 0.6) is 0 Å². The second kappa shape index (κ2) is 7.98. The van der Waals surface area contributed by atoms with Crippen LogP contribution in [0, 0.1) is 6.92 Å². The molecule has 0 aliphatic carbocycles. The quantitative estimate of drug-likeness (QED) is 0.823. The molecule has 1 rings (SSSR count). The lowest BCUT2D eigenvalue weighted by Crippen LogP contribution is -2.42. The number of aryl methyl sites for hydroxylation is 1. The van der Waals surface area contributed by atoms with E-state index < -0.39 is 17.9 Å². The van der Waals surface area contributed by atoms with Gasteiger partial charge in [-0.3, -0.25) is 19.9 Å². The number of amides is 3. The van der Waals surface area contributed by atoms with Gasteiger partial charge in [0.1, 0.15) is 0 Å². The molecule has 21 heavy (non-hydrogen) atoms. The van der Waals surface area contributed by atoms with Gasteiger partial charge in [0.15, 0.2) is 0 Å². The fourth-order valence-electron chi connectivity index (χ4n) is 1.69. The third kappa shape index (κ3) is 6.03. The zero-order valence-corrected chi connectivity index (χ0v) is 12.1. The first-order chi connectivity index (χ1) is 9.92. The Morgan fingerprint density at radius 3 is 2.57 bits per heavy atom. The Balaban J connectivity index is 2.57. The minimum absolute atomic E-state index is 0.221. The highest BCUT2D eigenvalue weighted by atomic mass is 16.4. The molecule has 0 fully saturated rings. The number of carboxylic acid groups (broad SMARTS) is 1. The fourth-order valence-corrected chi connectivity index (χ4v) is 1.69. The molecule has 3 amide bonds. The smallest absolute Gasteiger partial charge is 0.324 e. The number of pyridine rings is 1. The third-order valence-electron chi connectivity index (χ3n) is 2.78. The summed E-state index contributed by atoms with van der Waals surface area (Å²) < 4.78 is 0. The zero-order chi connectivity index (χ0) is 15.8. The zero-order valence-electron chi connectivity index (χ0n) is 12.1. The highest BCUT2D eigenvalue weighted by Crippen LogP contribution is 2.04. The summed E-state index contributed by atoms with van der Waals surface area (Å²) in [4.78, 5) is 39.5. The summed E-state index contributed by atoms with van der Waals surface area (Å²) in [6.07, 6.45) is -0.522. The van der Waals surface area contributed by atoms with Crippen LogP contribution in [0.1, 0.15) is 31.2 Å². The summed E-state index contributed by atoms with van der Waals surface area (Å²) in [5.74, 6) is -1.67. The van der Waals surface area contributed by atoms with E-state index in [1.165, 1.54) is 4.90 Å². The van der Waals surface area contributed by atoms with Gasteiger partial charge in [0.25, 0.3) is 0 Å². The molecule has 7 heteroatoms. The number of aromatic nitrogens is 1. The number of carbonyl (C=O) groups excluding carboxylic acids is 2. The number of nitrogens with one attached hydrogen (secondary N) is 1. The maximum Gasteiger partial charge on any atom is 0.324 e. The lowest BCUT2D eigenvalue weighted by atomic mass is 10.3. The van der Waals surface area contributed by atoms with Crippen LogP contribution in [0.15, 0.2) is 18.2 Å². The highest BCUT2D eigenvalue weighted by Gasteiger charge is 2.16. The van der Waals surface area contributed by atoms with Crippen molar-refractivity contribution in [1.82, 2.24) is 15.2 Å². The summed E-state index contributed by atoms with van der Waals surface area (Å²) in [6, 6.07) is 4.96. The van der Waals surface area contributed by atoms with Gasteiger partial charge in [-0.25, -0.2) is 4.79 Å². The molecule has 114 valence electrons. The van der Waals surface area contributed by atoms with Crippen molar-refractivity contribution >= 4 is 17.9 Å². The van der Waals surface area contributed by atoms with E-state index in [0.717, 1.165) is 11.4 Å². The number of nitrogens with zero attached hydrogens (tertiary/aromatic N) is 2. The molecule has 0 spiro atoms. The van der Waals surface area contributed by atoms with Gasteiger partial charge < -0.3 is 10.0 Å².